The molecule has 0 saturated carbocycles. The molecular formula is C31H34N8OS. The predicted octanol–water partition coefficient (Wildman–Crippen LogP) is 4.89. The van der Waals surface area contributed by atoms with Crippen LogP contribution in [0.2, 0.25) is 0 Å². The number of hydrogen-bond acceptors (Lipinski definition) is 9. The van der Waals surface area contributed by atoms with Gasteiger partial charge in [0.15, 0.2) is 5.13 Å². The summed E-state index contributed by atoms with van der Waals surface area (Å²) in [7, 11) is 2.15. The van der Waals surface area contributed by atoms with Crippen molar-refractivity contribution in [3.63, 3.8) is 0 Å². The molecule has 0 N–H and O–H groups in total. The Balaban J connectivity index is 1.29. The number of benzene rings is 2. The molecule has 0 aliphatic carbocycles. The maximum Gasteiger partial charge on any atom is 0.258 e. The van der Waals surface area contributed by atoms with Crippen LogP contribution >= 0.6 is 11.3 Å². The summed E-state index contributed by atoms with van der Waals surface area (Å²) in [5.74, 6) is 0.771. The minimum Gasteiger partial charge on any atom is -0.354 e. The summed E-state index contributed by atoms with van der Waals surface area (Å²) in [4.78, 5) is 36.7. The van der Waals surface area contributed by atoms with Gasteiger partial charge >= 0.3 is 0 Å². The van der Waals surface area contributed by atoms with E-state index in [1.165, 1.54) is 0 Å². The van der Waals surface area contributed by atoms with Gasteiger partial charge in [0.05, 0.1) is 22.3 Å². The van der Waals surface area contributed by atoms with Crippen molar-refractivity contribution in [3.05, 3.63) is 59.2 Å². The molecule has 1 fully saturated rings. The molecule has 4 heterocycles. The number of thiazole rings is 1. The van der Waals surface area contributed by atoms with Crippen molar-refractivity contribution >= 4 is 44.8 Å². The molecule has 2 aromatic heterocycles. The van der Waals surface area contributed by atoms with Crippen molar-refractivity contribution in [3.8, 4) is 17.3 Å². The summed E-state index contributed by atoms with van der Waals surface area (Å²) >= 11 is 1.67. The number of anilines is 3. The molecule has 0 radical (unpaired) electrons. The number of aromatic nitrogens is 3. The fraction of sp³-hybridized carbons (Fsp3) is 0.387. The van der Waals surface area contributed by atoms with Gasteiger partial charge in [-0.25, -0.2) is 15.0 Å². The Morgan fingerprint density at radius 3 is 2.44 bits per heavy atom. The topological polar surface area (TPSA) is 92.5 Å². The van der Waals surface area contributed by atoms with Gasteiger partial charge in [-0.05, 0) is 36.7 Å². The van der Waals surface area contributed by atoms with Crippen LogP contribution in [-0.4, -0.2) is 78.6 Å². The summed E-state index contributed by atoms with van der Waals surface area (Å²) < 4.78 is 0. The van der Waals surface area contributed by atoms with Gasteiger partial charge in [-0.2, -0.15) is 5.26 Å². The summed E-state index contributed by atoms with van der Waals surface area (Å²) in [5, 5.41) is 13.5. The molecule has 41 heavy (non-hydrogen) atoms. The van der Waals surface area contributed by atoms with E-state index in [0.717, 1.165) is 60.2 Å². The maximum absolute atomic E-state index is 14.0. The molecule has 4 aromatic rings. The number of rotatable bonds is 4. The minimum atomic E-state index is -0.0756. The van der Waals surface area contributed by atoms with E-state index in [9.17, 15) is 10.1 Å². The molecule has 10 heteroatoms. The van der Waals surface area contributed by atoms with Crippen LogP contribution in [0.1, 0.15) is 37.0 Å². The van der Waals surface area contributed by atoms with Gasteiger partial charge in [-0.3, -0.25) is 4.79 Å². The van der Waals surface area contributed by atoms with Crippen LogP contribution in [0.3, 0.4) is 0 Å². The molecule has 1 saturated heterocycles. The van der Waals surface area contributed by atoms with Gasteiger partial charge in [0.1, 0.15) is 11.9 Å². The van der Waals surface area contributed by atoms with E-state index in [1.807, 2.05) is 47.4 Å². The average Bonchev–Trinajstić information content (AvgIpc) is 3.40. The second-order valence-corrected chi connectivity index (χ2v) is 12.8. The van der Waals surface area contributed by atoms with Crippen LogP contribution in [0.5, 0.6) is 0 Å². The predicted molar refractivity (Wildman–Crippen MR) is 165 cm³/mol. The van der Waals surface area contributed by atoms with E-state index < -0.39 is 0 Å². The van der Waals surface area contributed by atoms with E-state index in [2.05, 4.69) is 63.9 Å². The number of amides is 1. The van der Waals surface area contributed by atoms with Gasteiger partial charge in [0.2, 0.25) is 5.82 Å². The SMILES string of the molecule is CN1CCN(c2nc(-c3ccc(C(=O)N4CCN(CC(C)(C)C)c5nc(C#N)nc6cccc4c56)cc3)cs2)CC1. The Kier molecular flexibility index (Phi) is 7.09. The van der Waals surface area contributed by atoms with Gasteiger partial charge in [0.25, 0.3) is 5.91 Å². The lowest BCUT2D eigenvalue weighted by molar-refractivity contribution is 0.0988. The van der Waals surface area contributed by atoms with E-state index in [1.54, 1.807) is 11.3 Å². The zero-order chi connectivity index (χ0) is 28.7. The van der Waals surface area contributed by atoms with Crippen molar-refractivity contribution in [1.29, 1.82) is 5.26 Å². The standard InChI is InChI=1S/C31H34N8OS/c1-31(2,3)20-38-16-17-39(25-7-5-6-23-27(25)28(38)35-26(18-32)33-23)29(40)22-10-8-21(9-11-22)24-19-41-30(34-24)37-14-12-36(4)13-15-37/h5-11,19H,12-17,20H2,1-4H3. The van der Waals surface area contributed by atoms with E-state index in [4.69, 9.17) is 4.98 Å². The fourth-order valence-electron chi connectivity index (χ4n) is 5.51. The number of nitrogens with zero attached hydrogens (tertiary/aromatic N) is 8. The van der Waals surface area contributed by atoms with Crippen molar-refractivity contribution < 1.29 is 4.79 Å². The second-order valence-electron chi connectivity index (χ2n) is 12.0. The molecular weight excluding hydrogens is 532 g/mol. The molecule has 1 amide bonds. The third kappa shape index (κ3) is 5.47. The van der Waals surface area contributed by atoms with Crippen molar-refractivity contribution in [2.24, 2.45) is 5.41 Å². The molecule has 2 aliphatic rings. The fourth-order valence-corrected chi connectivity index (χ4v) is 6.40. The minimum absolute atomic E-state index is 0.00601. The number of piperazine rings is 1. The highest BCUT2D eigenvalue weighted by Gasteiger charge is 2.30. The lowest BCUT2D eigenvalue weighted by Crippen LogP contribution is -2.44. The largest absolute Gasteiger partial charge is 0.354 e. The zero-order valence-corrected chi connectivity index (χ0v) is 24.8. The van der Waals surface area contributed by atoms with Gasteiger partial charge in [0, 0.05) is 62.3 Å². The maximum atomic E-state index is 14.0. The average molecular weight is 567 g/mol. The van der Waals surface area contributed by atoms with Crippen molar-refractivity contribution in [1.82, 2.24) is 19.9 Å². The number of hydrogen-bond donors (Lipinski definition) is 0. The molecule has 2 aromatic carbocycles. The Bertz CT molecular complexity index is 1630. The zero-order valence-electron chi connectivity index (χ0n) is 24.0. The Hall–Kier alpha value is -4.07. The van der Waals surface area contributed by atoms with Gasteiger partial charge in [-0.1, -0.05) is 39.0 Å². The summed E-state index contributed by atoms with van der Waals surface area (Å²) in [6.07, 6.45) is 0. The first-order valence-corrected chi connectivity index (χ1v) is 14.9. The van der Waals surface area contributed by atoms with Crippen molar-refractivity contribution in [2.45, 2.75) is 20.8 Å². The number of carbonyl (C=O) groups excluding carboxylic acids is 1. The van der Waals surface area contributed by atoms with E-state index >= 15 is 0 Å². The monoisotopic (exact) mass is 566 g/mol. The van der Waals surface area contributed by atoms with Crippen LogP contribution < -0.4 is 14.7 Å². The quantitative estimate of drug-likeness (QED) is 0.345. The Labute approximate surface area is 244 Å². The summed E-state index contributed by atoms with van der Waals surface area (Å²) in [6, 6.07) is 15.6. The van der Waals surface area contributed by atoms with Crippen molar-refractivity contribution in [2.75, 3.05) is 67.6 Å². The number of nitriles is 1. The lowest BCUT2D eigenvalue weighted by Gasteiger charge is -2.32. The molecule has 0 atom stereocenters. The number of carbonyl (C=O) groups is 1. The first-order chi connectivity index (χ1) is 19.7. The Morgan fingerprint density at radius 2 is 1.73 bits per heavy atom. The molecule has 6 rings (SSSR count). The highest BCUT2D eigenvalue weighted by molar-refractivity contribution is 7.14. The lowest BCUT2D eigenvalue weighted by atomic mass is 9.96. The number of likely N-dealkylation sites (N-methyl/N-ethyl adjacent to an activating group) is 1. The summed E-state index contributed by atoms with van der Waals surface area (Å²) in [5.41, 5.74) is 3.96. The molecule has 0 unspecified atom stereocenters. The molecule has 2 aliphatic heterocycles. The van der Waals surface area contributed by atoms with Crippen LogP contribution in [0.15, 0.2) is 47.8 Å². The smallest absolute Gasteiger partial charge is 0.258 e. The summed E-state index contributed by atoms with van der Waals surface area (Å²) in [6.45, 7) is 12.4. The second kappa shape index (κ2) is 10.7. The third-order valence-electron chi connectivity index (χ3n) is 7.57. The van der Waals surface area contributed by atoms with Crippen LogP contribution in [0.4, 0.5) is 16.6 Å². The molecule has 9 nitrogen and oxygen atoms in total. The molecule has 210 valence electrons. The van der Waals surface area contributed by atoms with Crippen LogP contribution in [0, 0.1) is 16.7 Å². The normalized spacial score (nSPS) is 16.1. The molecule has 0 spiro atoms. The van der Waals surface area contributed by atoms with Gasteiger partial charge < -0.3 is 19.6 Å². The Morgan fingerprint density at radius 1 is 0.976 bits per heavy atom. The highest BCUT2D eigenvalue weighted by atomic mass is 32.1. The van der Waals surface area contributed by atoms with E-state index in [-0.39, 0.29) is 17.1 Å². The first kappa shape index (κ1) is 27.1. The van der Waals surface area contributed by atoms with Crippen LogP contribution in [-0.2, 0) is 0 Å². The molecule has 0 bridgehead atoms. The first-order valence-electron chi connectivity index (χ1n) is 14.0. The van der Waals surface area contributed by atoms with Gasteiger partial charge in [-0.15, -0.1) is 11.3 Å². The van der Waals surface area contributed by atoms with Crippen LogP contribution in [0.25, 0.3) is 22.2 Å². The highest BCUT2D eigenvalue weighted by Crippen LogP contribution is 2.37. The third-order valence-corrected chi connectivity index (χ3v) is 8.47. The van der Waals surface area contributed by atoms with E-state index in [0.29, 0.717) is 30.0 Å².